The van der Waals surface area contributed by atoms with Gasteiger partial charge >= 0.3 is 6.03 Å². The van der Waals surface area contributed by atoms with E-state index >= 15 is 0 Å². The third kappa shape index (κ3) is 6.37. The van der Waals surface area contributed by atoms with Crippen LogP contribution in [0.4, 0.5) is 4.79 Å². The molecule has 1 atom stereocenters. The van der Waals surface area contributed by atoms with Gasteiger partial charge in [0.2, 0.25) is 5.88 Å². The molecule has 0 bridgehead atoms. The Balaban J connectivity index is 1.73. The van der Waals surface area contributed by atoms with E-state index in [0.29, 0.717) is 30.5 Å². The fourth-order valence-electron chi connectivity index (χ4n) is 4.19. The molecular formula is C28H36N4O4. The van der Waals surface area contributed by atoms with Crippen molar-refractivity contribution in [2.75, 3.05) is 20.3 Å². The van der Waals surface area contributed by atoms with Crippen LogP contribution in [0.1, 0.15) is 44.9 Å². The highest BCUT2D eigenvalue weighted by molar-refractivity contribution is 5.75. The maximum absolute atomic E-state index is 13.4. The van der Waals surface area contributed by atoms with E-state index in [-0.39, 0.29) is 17.7 Å². The largest absolute Gasteiger partial charge is 0.497 e. The van der Waals surface area contributed by atoms with Gasteiger partial charge in [-0.25, -0.2) is 9.48 Å². The first-order chi connectivity index (χ1) is 17.2. The summed E-state index contributed by atoms with van der Waals surface area (Å²) in [5, 5.41) is 7.91. The van der Waals surface area contributed by atoms with Crippen LogP contribution in [0.25, 0.3) is 5.69 Å². The summed E-state index contributed by atoms with van der Waals surface area (Å²) in [6.45, 7) is 9.44. The summed E-state index contributed by atoms with van der Waals surface area (Å²) in [6.07, 6.45) is 1.96. The molecule has 0 radical (unpaired) electrons. The van der Waals surface area contributed by atoms with Gasteiger partial charge in [-0.1, -0.05) is 24.3 Å². The Bertz CT molecular complexity index is 1160. The van der Waals surface area contributed by atoms with Crippen molar-refractivity contribution in [2.45, 2.75) is 58.7 Å². The van der Waals surface area contributed by atoms with E-state index in [9.17, 15) is 4.79 Å². The van der Waals surface area contributed by atoms with Crippen molar-refractivity contribution in [1.82, 2.24) is 20.0 Å². The van der Waals surface area contributed by atoms with Crippen LogP contribution in [0.15, 0.2) is 54.6 Å². The third-order valence-corrected chi connectivity index (χ3v) is 5.96. The van der Waals surface area contributed by atoms with Gasteiger partial charge in [-0.15, -0.1) is 0 Å². The first-order valence-corrected chi connectivity index (χ1v) is 12.4. The summed E-state index contributed by atoms with van der Waals surface area (Å²) in [4.78, 5) is 15.2. The summed E-state index contributed by atoms with van der Waals surface area (Å²) in [5.74, 6) is 1.88. The molecule has 2 aromatic carbocycles. The minimum Gasteiger partial charge on any atom is -0.497 e. The van der Waals surface area contributed by atoms with Crippen LogP contribution < -0.4 is 14.8 Å². The molecule has 1 saturated heterocycles. The maximum atomic E-state index is 13.4. The zero-order chi connectivity index (χ0) is 25.7. The van der Waals surface area contributed by atoms with Gasteiger partial charge in [0, 0.05) is 24.8 Å². The molecule has 1 N–H and O–H groups in total. The first kappa shape index (κ1) is 25.6. The number of para-hydroxylation sites is 1. The Morgan fingerprint density at radius 3 is 2.58 bits per heavy atom. The predicted octanol–water partition coefficient (Wildman–Crippen LogP) is 5.47. The number of benzene rings is 2. The van der Waals surface area contributed by atoms with Crippen LogP contribution in [0.2, 0.25) is 0 Å². The van der Waals surface area contributed by atoms with Crippen molar-refractivity contribution < 1.29 is 19.0 Å². The van der Waals surface area contributed by atoms with Gasteiger partial charge in [-0.05, 0) is 64.8 Å². The molecule has 1 fully saturated rings. The van der Waals surface area contributed by atoms with Crippen LogP contribution in [-0.4, -0.2) is 52.6 Å². The Kier molecular flexibility index (Phi) is 7.84. The lowest BCUT2D eigenvalue weighted by Gasteiger charge is -2.30. The fraction of sp³-hybridized carbons (Fsp3) is 0.429. The van der Waals surface area contributed by atoms with Crippen molar-refractivity contribution in [3.05, 3.63) is 65.9 Å². The van der Waals surface area contributed by atoms with Gasteiger partial charge in [0.15, 0.2) is 0 Å². The highest BCUT2D eigenvalue weighted by Crippen LogP contribution is 2.33. The first-order valence-electron chi connectivity index (χ1n) is 12.4. The van der Waals surface area contributed by atoms with E-state index in [2.05, 4.69) is 5.32 Å². The van der Waals surface area contributed by atoms with E-state index in [4.69, 9.17) is 19.3 Å². The number of methoxy groups -OCH3 is 1. The van der Waals surface area contributed by atoms with Gasteiger partial charge in [0.1, 0.15) is 11.5 Å². The molecule has 0 saturated carbocycles. The smallest absolute Gasteiger partial charge is 0.318 e. The van der Waals surface area contributed by atoms with Gasteiger partial charge in [-0.2, -0.15) is 5.10 Å². The van der Waals surface area contributed by atoms with E-state index in [1.807, 2.05) is 82.3 Å². The molecular weight excluding hydrogens is 456 g/mol. The Morgan fingerprint density at radius 1 is 1.17 bits per heavy atom. The monoisotopic (exact) mass is 492 g/mol. The number of aryl methyl sites for hydroxylation is 1. The van der Waals surface area contributed by atoms with E-state index in [1.54, 1.807) is 16.7 Å². The molecule has 1 aromatic heterocycles. The van der Waals surface area contributed by atoms with E-state index < -0.39 is 0 Å². The summed E-state index contributed by atoms with van der Waals surface area (Å²) < 4.78 is 19.5. The molecule has 192 valence electrons. The molecule has 2 heterocycles. The molecule has 0 aliphatic carbocycles. The number of carbonyl (C=O) groups excluding carboxylic acids is 1. The average molecular weight is 493 g/mol. The van der Waals surface area contributed by atoms with Crippen LogP contribution in [0.3, 0.4) is 0 Å². The molecule has 0 unspecified atom stereocenters. The number of ether oxygens (including phenoxy) is 3. The fourth-order valence-corrected chi connectivity index (χ4v) is 4.19. The van der Waals surface area contributed by atoms with Gasteiger partial charge in [-0.3, -0.25) is 0 Å². The van der Waals surface area contributed by atoms with Crippen molar-refractivity contribution >= 4 is 6.03 Å². The van der Waals surface area contributed by atoms with Gasteiger partial charge in [0.25, 0.3) is 0 Å². The molecule has 4 rings (SSSR count). The number of hydrogen-bond donors (Lipinski definition) is 1. The minimum absolute atomic E-state index is 0.0166. The second kappa shape index (κ2) is 11.0. The van der Waals surface area contributed by atoms with E-state index in [1.165, 1.54) is 0 Å². The van der Waals surface area contributed by atoms with Crippen molar-refractivity contribution in [3.8, 4) is 23.1 Å². The third-order valence-electron chi connectivity index (χ3n) is 5.96. The Hall–Kier alpha value is -3.52. The minimum atomic E-state index is -0.366. The van der Waals surface area contributed by atoms with Crippen LogP contribution >= 0.6 is 0 Å². The molecule has 3 aromatic rings. The topological polar surface area (TPSA) is 77.8 Å². The van der Waals surface area contributed by atoms with Gasteiger partial charge < -0.3 is 24.4 Å². The predicted molar refractivity (Wildman–Crippen MR) is 139 cm³/mol. The Morgan fingerprint density at radius 2 is 1.92 bits per heavy atom. The number of aromatic nitrogens is 2. The zero-order valence-electron chi connectivity index (χ0n) is 21.8. The van der Waals surface area contributed by atoms with Crippen molar-refractivity contribution in [2.24, 2.45) is 0 Å². The summed E-state index contributed by atoms with van der Waals surface area (Å²) in [7, 11) is 1.62. The SMILES string of the molecule is COc1cccc(Oc2c(CN(C[C@H]3CCCO3)C(=O)NC(C)(C)C)c(C)nn2-c2ccccc2)c1. The van der Waals surface area contributed by atoms with Crippen molar-refractivity contribution in [3.63, 3.8) is 0 Å². The molecule has 2 amide bonds. The Labute approximate surface area is 213 Å². The lowest BCUT2D eigenvalue weighted by Crippen LogP contribution is -2.50. The summed E-state index contributed by atoms with van der Waals surface area (Å²) in [5.41, 5.74) is 2.13. The number of rotatable bonds is 8. The highest BCUT2D eigenvalue weighted by Gasteiger charge is 2.28. The molecule has 8 heteroatoms. The van der Waals surface area contributed by atoms with Crippen molar-refractivity contribution in [1.29, 1.82) is 0 Å². The summed E-state index contributed by atoms with van der Waals surface area (Å²) >= 11 is 0. The second-order valence-corrected chi connectivity index (χ2v) is 10.1. The zero-order valence-corrected chi connectivity index (χ0v) is 21.8. The normalized spacial score (nSPS) is 15.5. The number of nitrogens with one attached hydrogen (secondary N) is 1. The lowest BCUT2D eigenvalue weighted by molar-refractivity contribution is 0.0779. The number of hydrogen-bond acceptors (Lipinski definition) is 5. The summed E-state index contributed by atoms with van der Waals surface area (Å²) in [6, 6.07) is 17.2. The number of carbonyl (C=O) groups is 1. The molecule has 36 heavy (non-hydrogen) atoms. The van der Waals surface area contributed by atoms with Crippen LogP contribution in [-0.2, 0) is 11.3 Å². The lowest BCUT2D eigenvalue weighted by atomic mass is 10.1. The quantitative estimate of drug-likeness (QED) is 0.451. The molecule has 1 aliphatic heterocycles. The number of amides is 2. The average Bonchev–Trinajstić information content (AvgIpc) is 3.47. The molecule has 1 aliphatic rings. The standard InChI is InChI=1S/C28H36N4O4/c1-20-25(19-31(18-24-15-10-16-35-24)27(33)29-28(2,3)4)26(32(30-20)21-11-7-6-8-12-21)36-23-14-9-13-22(17-23)34-5/h6-9,11-14,17,24H,10,15-16,18-19H2,1-5H3,(H,29,33)/t24-/m1/s1. The second-order valence-electron chi connectivity index (χ2n) is 10.1. The highest BCUT2D eigenvalue weighted by atomic mass is 16.5. The molecule has 0 spiro atoms. The maximum Gasteiger partial charge on any atom is 0.318 e. The van der Waals surface area contributed by atoms with Crippen LogP contribution in [0.5, 0.6) is 17.4 Å². The van der Waals surface area contributed by atoms with E-state index in [0.717, 1.165) is 36.4 Å². The number of urea groups is 1. The van der Waals surface area contributed by atoms with Crippen LogP contribution in [0, 0.1) is 6.92 Å². The number of nitrogens with zero attached hydrogens (tertiary/aromatic N) is 3. The molecule has 8 nitrogen and oxygen atoms in total. The van der Waals surface area contributed by atoms with Gasteiger partial charge in [0.05, 0.1) is 36.7 Å².